The summed E-state index contributed by atoms with van der Waals surface area (Å²) in [5, 5.41) is 0. The smallest absolute Gasteiger partial charge is 0.150 e. The molecular formula is C5H11NO2. The number of aldehydes is 1. The highest BCUT2D eigenvalue weighted by molar-refractivity contribution is 5.57. The number of nitrogens with two attached hydrogens (primary N) is 1. The van der Waals surface area contributed by atoms with Crippen molar-refractivity contribution in [3.63, 3.8) is 0 Å². The molecule has 0 saturated carbocycles. The van der Waals surface area contributed by atoms with E-state index in [1.807, 2.05) is 0 Å². The van der Waals surface area contributed by atoms with Crippen LogP contribution in [0, 0.1) is 0 Å². The molecule has 0 aromatic rings. The van der Waals surface area contributed by atoms with Gasteiger partial charge < -0.3 is 15.3 Å². The minimum atomic E-state index is -0.449. The molecule has 3 heteroatoms. The molecule has 0 amide bonds. The van der Waals surface area contributed by atoms with E-state index in [0.29, 0.717) is 6.29 Å². The second-order valence-electron chi connectivity index (χ2n) is 1.70. The first-order chi connectivity index (χ1) is 3.72. The third-order valence-electron chi connectivity index (χ3n) is 0.924. The Morgan fingerprint density at radius 3 is 2.25 bits per heavy atom. The summed E-state index contributed by atoms with van der Waals surface area (Å²) < 4.78 is 4.67. The van der Waals surface area contributed by atoms with Crippen molar-refractivity contribution in [1.82, 2.24) is 0 Å². The van der Waals surface area contributed by atoms with Crippen LogP contribution in [-0.2, 0) is 9.53 Å². The van der Waals surface area contributed by atoms with Gasteiger partial charge in [-0.2, -0.15) is 0 Å². The molecule has 2 unspecified atom stereocenters. The molecule has 0 saturated heterocycles. The van der Waals surface area contributed by atoms with Gasteiger partial charge in [-0.05, 0) is 6.92 Å². The van der Waals surface area contributed by atoms with E-state index in [2.05, 4.69) is 4.74 Å². The Bertz CT molecular complexity index is 72.8. The van der Waals surface area contributed by atoms with Gasteiger partial charge in [-0.25, -0.2) is 0 Å². The molecule has 0 bridgehead atoms. The van der Waals surface area contributed by atoms with Crippen molar-refractivity contribution in [3.8, 4) is 0 Å². The largest absolute Gasteiger partial charge is 0.372 e. The second kappa shape index (κ2) is 3.57. The van der Waals surface area contributed by atoms with Gasteiger partial charge in [0.05, 0.1) is 0 Å². The molecule has 0 aliphatic carbocycles. The van der Waals surface area contributed by atoms with Crippen molar-refractivity contribution in [2.45, 2.75) is 19.1 Å². The maximum Gasteiger partial charge on any atom is 0.150 e. The first-order valence-corrected chi connectivity index (χ1v) is 2.46. The Hall–Kier alpha value is -0.410. The van der Waals surface area contributed by atoms with Crippen molar-refractivity contribution in [3.05, 3.63) is 0 Å². The lowest BCUT2D eigenvalue weighted by atomic mass is 10.2. The first kappa shape index (κ1) is 7.59. The molecule has 48 valence electrons. The number of ether oxygens (including phenoxy) is 1. The van der Waals surface area contributed by atoms with Crippen molar-refractivity contribution >= 4 is 6.29 Å². The van der Waals surface area contributed by atoms with Crippen LogP contribution in [0.1, 0.15) is 6.92 Å². The molecule has 0 fully saturated rings. The van der Waals surface area contributed by atoms with Gasteiger partial charge >= 0.3 is 0 Å². The number of hydrogen-bond donors (Lipinski definition) is 1. The van der Waals surface area contributed by atoms with Crippen molar-refractivity contribution in [2.75, 3.05) is 7.11 Å². The zero-order chi connectivity index (χ0) is 6.57. The SMILES string of the molecule is COC(C=O)C(C)N. The topological polar surface area (TPSA) is 52.3 Å². The molecule has 0 heterocycles. The van der Waals surface area contributed by atoms with E-state index in [1.165, 1.54) is 7.11 Å². The zero-order valence-corrected chi connectivity index (χ0v) is 5.13. The Kier molecular flexibility index (Phi) is 3.39. The predicted molar refractivity (Wildman–Crippen MR) is 30.5 cm³/mol. The average Bonchev–Trinajstić information content (AvgIpc) is 1.69. The zero-order valence-electron chi connectivity index (χ0n) is 5.13. The van der Waals surface area contributed by atoms with Crippen LogP contribution in [0.2, 0.25) is 0 Å². The molecule has 8 heavy (non-hydrogen) atoms. The number of rotatable bonds is 3. The van der Waals surface area contributed by atoms with E-state index in [0.717, 1.165) is 0 Å². The fraction of sp³-hybridized carbons (Fsp3) is 0.800. The molecule has 0 aromatic carbocycles. The average molecular weight is 117 g/mol. The summed E-state index contributed by atoms with van der Waals surface area (Å²) in [6.45, 7) is 1.72. The van der Waals surface area contributed by atoms with Crippen molar-refractivity contribution in [1.29, 1.82) is 0 Å². The van der Waals surface area contributed by atoms with E-state index in [4.69, 9.17) is 5.73 Å². The molecule has 2 N–H and O–H groups in total. The van der Waals surface area contributed by atoms with Gasteiger partial charge in [0.25, 0.3) is 0 Å². The molecule has 0 rings (SSSR count). The quantitative estimate of drug-likeness (QED) is 0.509. The van der Waals surface area contributed by atoms with Gasteiger partial charge in [0.1, 0.15) is 12.4 Å². The van der Waals surface area contributed by atoms with Gasteiger partial charge in [-0.15, -0.1) is 0 Å². The van der Waals surface area contributed by atoms with Crippen LogP contribution in [0.5, 0.6) is 0 Å². The van der Waals surface area contributed by atoms with E-state index >= 15 is 0 Å². The fourth-order valence-electron chi connectivity index (χ4n) is 0.394. The summed E-state index contributed by atoms with van der Waals surface area (Å²) in [5.41, 5.74) is 5.30. The van der Waals surface area contributed by atoms with Crippen LogP contribution in [-0.4, -0.2) is 25.5 Å². The minimum Gasteiger partial charge on any atom is -0.372 e. The molecular weight excluding hydrogens is 106 g/mol. The van der Waals surface area contributed by atoms with Crippen molar-refractivity contribution in [2.24, 2.45) is 5.73 Å². The molecule has 0 aliphatic heterocycles. The fourth-order valence-corrected chi connectivity index (χ4v) is 0.394. The van der Waals surface area contributed by atoms with Gasteiger partial charge in [0, 0.05) is 13.2 Å². The lowest BCUT2D eigenvalue weighted by molar-refractivity contribution is -0.117. The molecule has 0 radical (unpaired) electrons. The van der Waals surface area contributed by atoms with Gasteiger partial charge in [-0.1, -0.05) is 0 Å². The lowest BCUT2D eigenvalue weighted by Crippen LogP contribution is -2.34. The third kappa shape index (κ3) is 2.04. The predicted octanol–water partition coefficient (Wildman–Crippen LogP) is -0.452. The number of hydrogen-bond acceptors (Lipinski definition) is 3. The number of methoxy groups -OCH3 is 1. The van der Waals surface area contributed by atoms with Gasteiger partial charge in [0.15, 0.2) is 0 Å². The van der Waals surface area contributed by atoms with E-state index < -0.39 is 6.10 Å². The van der Waals surface area contributed by atoms with Crippen LogP contribution >= 0.6 is 0 Å². The first-order valence-electron chi connectivity index (χ1n) is 2.46. The van der Waals surface area contributed by atoms with Crippen molar-refractivity contribution < 1.29 is 9.53 Å². The molecule has 2 atom stereocenters. The maximum absolute atomic E-state index is 9.97. The maximum atomic E-state index is 9.97. The summed E-state index contributed by atoms with van der Waals surface area (Å²) in [5.74, 6) is 0. The molecule has 0 spiro atoms. The van der Waals surface area contributed by atoms with E-state index in [9.17, 15) is 4.79 Å². The summed E-state index contributed by atoms with van der Waals surface area (Å²) in [6.07, 6.45) is 0.250. The van der Waals surface area contributed by atoms with Crippen LogP contribution in [0.15, 0.2) is 0 Å². The minimum absolute atomic E-state index is 0.211. The molecule has 3 nitrogen and oxygen atoms in total. The normalized spacial score (nSPS) is 17.4. The van der Waals surface area contributed by atoms with Crippen LogP contribution in [0.4, 0.5) is 0 Å². The number of carbonyl (C=O) groups excluding carboxylic acids is 1. The van der Waals surface area contributed by atoms with Crippen LogP contribution < -0.4 is 5.73 Å². The third-order valence-corrected chi connectivity index (χ3v) is 0.924. The highest BCUT2D eigenvalue weighted by Gasteiger charge is 2.08. The van der Waals surface area contributed by atoms with Gasteiger partial charge in [-0.3, -0.25) is 0 Å². The standard InChI is InChI=1S/C5H11NO2/c1-4(6)5(3-7)8-2/h3-5H,6H2,1-2H3. The monoisotopic (exact) mass is 117 g/mol. The molecule has 0 aliphatic rings. The van der Waals surface area contributed by atoms with E-state index in [1.54, 1.807) is 6.92 Å². The highest BCUT2D eigenvalue weighted by Crippen LogP contribution is 1.88. The Labute approximate surface area is 48.8 Å². The lowest BCUT2D eigenvalue weighted by Gasteiger charge is -2.10. The molecule has 0 aromatic heterocycles. The van der Waals surface area contributed by atoms with Crippen LogP contribution in [0.3, 0.4) is 0 Å². The second-order valence-corrected chi connectivity index (χ2v) is 1.70. The summed E-state index contributed by atoms with van der Waals surface area (Å²) in [7, 11) is 1.46. The Morgan fingerprint density at radius 2 is 2.25 bits per heavy atom. The Balaban J connectivity index is 3.51. The summed E-state index contributed by atoms with van der Waals surface area (Å²) in [4.78, 5) is 9.97. The number of carbonyl (C=O) groups is 1. The highest BCUT2D eigenvalue weighted by atomic mass is 16.5. The summed E-state index contributed by atoms with van der Waals surface area (Å²) in [6, 6.07) is -0.211. The summed E-state index contributed by atoms with van der Waals surface area (Å²) >= 11 is 0. The van der Waals surface area contributed by atoms with Gasteiger partial charge in [0.2, 0.25) is 0 Å². The Morgan fingerprint density at radius 1 is 1.75 bits per heavy atom. The van der Waals surface area contributed by atoms with Crippen LogP contribution in [0.25, 0.3) is 0 Å². The van der Waals surface area contributed by atoms with E-state index in [-0.39, 0.29) is 6.04 Å².